The van der Waals surface area contributed by atoms with E-state index in [1.54, 1.807) is 23.1 Å². The molecule has 1 saturated heterocycles. The maximum atomic E-state index is 13.1. The highest BCUT2D eigenvalue weighted by molar-refractivity contribution is 6.08. The number of urea groups is 1. The van der Waals surface area contributed by atoms with Crippen molar-refractivity contribution in [2.45, 2.75) is 31.0 Å². The maximum absolute atomic E-state index is 13.1. The van der Waals surface area contributed by atoms with Gasteiger partial charge in [0.25, 0.3) is 11.8 Å². The number of ether oxygens (including phenoxy) is 1. The van der Waals surface area contributed by atoms with Crippen LogP contribution in [0.5, 0.6) is 5.75 Å². The minimum Gasteiger partial charge on any atom is -0.497 e. The minimum absolute atomic E-state index is 0.0425. The summed E-state index contributed by atoms with van der Waals surface area (Å²) >= 11 is 0. The van der Waals surface area contributed by atoms with Crippen LogP contribution in [-0.4, -0.2) is 36.4 Å². The molecule has 168 valence electrons. The molecule has 2 aromatic carbocycles. The van der Waals surface area contributed by atoms with Crippen LogP contribution in [0.2, 0.25) is 0 Å². The lowest BCUT2D eigenvalue weighted by molar-refractivity contribution is -0.125. The molecule has 2 aliphatic heterocycles. The van der Waals surface area contributed by atoms with Crippen molar-refractivity contribution in [2.24, 2.45) is 5.73 Å². The minimum atomic E-state index is -1.54. The molecule has 3 aromatic rings. The van der Waals surface area contributed by atoms with Gasteiger partial charge in [0.1, 0.15) is 17.1 Å². The van der Waals surface area contributed by atoms with Gasteiger partial charge in [0.05, 0.1) is 13.7 Å². The number of fused-ring (bicyclic) bond motifs is 3. The lowest BCUT2D eigenvalue weighted by Crippen LogP contribution is -2.52. The van der Waals surface area contributed by atoms with Gasteiger partial charge in [-0.25, -0.2) is 4.79 Å². The van der Waals surface area contributed by atoms with Gasteiger partial charge in [-0.05, 0) is 59.9 Å². The maximum Gasteiger partial charge on any atom is 0.322 e. The molecule has 9 nitrogen and oxygen atoms in total. The van der Waals surface area contributed by atoms with Crippen molar-refractivity contribution >= 4 is 28.8 Å². The molecule has 2 unspecified atom stereocenters. The molecule has 1 aromatic heterocycles. The molecule has 9 heteroatoms. The highest BCUT2D eigenvalue weighted by atomic mass is 16.5. The monoisotopic (exact) mass is 446 g/mol. The van der Waals surface area contributed by atoms with Crippen LogP contribution in [0.3, 0.4) is 0 Å². The third-order valence-electron chi connectivity index (χ3n) is 6.89. The van der Waals surface area contributed by atoms with E-state index in [2.05, 4.69) is 10.6 Å². The van der Waals surface area contributed by atoms with Crippen molar-refractivity contribution in [1.82, 2.24) is 15.5 Å². The van der Waals surface area contributed by atoms with Crippen molar-refractivity contribution in [3.05, 3.63) is 64.4 Å². The van der Waals surface area contributed by atoms with E-state index in [-0.39, 0.29) is 24.3 Å². The summed E-state index contributed by atoms with van der Waals surface area (Å²) in [7, 11) is 1.54. The molecular formula is C24H22N4O5. The van der Waals surface area contributed by atoms with E-state index in [1.165, 1.54) is 7.11 Å². The number of hydrogen-bond acceptors (Lipinski definition) is 6. The second kappa shape index (κ2) is 6.82. The predicted molar refractivity (Wildman–Crippen MR) is 118 cm³/mol. The van der Waals surface area contributed by atoms with E-state index in [0.717, 1.165) is 34.9 Å². The van der Waals surface area contributed by atoms with Crippen LogP contribution in [0.4, 0.5) is 4.79 Å². The van der Waals surface area contributed by atoms with Crippen LogP contribution in [-0.2, 0) is 23.3 Å². The number of carbonyl (C=O) groups is 3. The third-order valence-corrected chi connectivity index (χ3v) is 6.89. The Morgan fingerprint density at radius 1 is 1.18 bits per heavy atom. The number of nitrogens with zero attached hydrogens (tertiary/aromatic N) is 1. The number of nitrogens with one attached hydrogen (secondary N) is 2. The zero-order valence-corrected chi connectivity index (χ0v) is 17.9. The van der Waals surface area contributed by atoms with Crippen LogP contribution >= 0.6 is 0 Å². The SMILES string of the molecule is COc1ccc2c(c1)C(=O)N(CC1(c3cc4cc5c(cc4o3)C(N)CC5)NC(=O)NC1=O)C2. The number of methoxy groups -OCH3 is 1. The van der Waals surface area contributed by atoms with Crippen LogP contribution in [0, 0.1) is 0 Å². The first-order valence-electron chi connectivity index (χ1n) is 10.8. The van der Waals surface area contributed by atoms with Crippen molar-refractivity contribution < 1.29 is 23.5 Å². The molecular weight excluding hydrogens is 424 g/mol. The topological polar surface area (TPSA) is 127 Å². The summed E-state index contributed by atoms with van der Waals surface area (Å²) in [6.45, 7) is 0.242. The normalized spacial score (nSPS) is 23.6. The molecule has 3 heterocycles. The number of furan rings is 1. The number of carbonyl (C=O) groups excluding carboxylic acids is 3. The lowest BCUT2D eigenvalue weighted by Gasteiger charge is -2.29. The van der Waals surface area contributed by atoms with Gasteiger partial charge in [-0.1, -0.05) is 6.07 Å². The first-order valence-corrected chi connectivity index (χ1v) is 10.8. The smallest absolute Gasteiger partial charge is 0.322 e. The summed E-state index contributed by atoms with van der Waals surface area (Å²) in [5.74, 6) is 0.0592. The molecule has 0 bridgehead atoms. The second-order valence-electron chi connectivity index (χ2n) is 8.84. The number of benzene rings is 2. The van der Waals surface area contributed by atoms with E-state index in [9.17, 15) is 14.4 Å². The quantitative estimate of drug-likeness (QED) is 0.527. The van der Waals surface area contributed by atoms with Gasteiger partial charge in [0.15, 0.2) is 5.54 Å². The molecule has 4 N–H and O–H groups in total. The Bertz CT molecular complexity index is 1360. The Kier molecular flexibility index (Phi) is 4.09. The predicted octanol–water partition coefficient (Wildman–Crippen LogP) is 2.08. The number of rotatable bonds is 4. The average Bonchev–Trinajstić information content (AvgIpc) is 3.53. The zero-order chi connectivity index (χ0) is 22.9. The van der Waals surface area contributed by atoms with Gasteiger partial charge in [0.2, 0.25) is 0 Å². The van der Waals surface area contributed by atoms with Crippen molar-refractivity contribution in [3.63, 3.8) is 0 Å². The first-order chi connectivity index (χ1) is 15.9. The zero-order valence-electron chi connectivity index (χ0n) is 17.9. The van der Waals surface area contributed by atoms with E-state index in [0.29, 0.717) is 23.4 Å². The molecule has 2 atom stereocenters. The van der Waals surface area contributed by atoms with Crippen molar-refractivity contribution in [1.29, 1.82) is 0 Å². The highest BCUT2D eigenvalue weighted by Crippen LogP contribution is 2.38. The fourth-order valence-electron chi connectivity index (χ4n) is 5.12. The van der Waals surface area contributed by atoms with E-state index >= 15 is 0 Å². The molecule has 1 fully saturated rings. The van der Waals surface area contributed by atoms with Gasteiger partial charge in [0, 0.05) is 23.5 Å². The number of aryl methyl sites for hydroxylation is 1. The lowest BCUT2D eigenvalue weighted by atomic mass is 9.95. The van der Waals surface area contributed by atoms with Crippen LogP contribution < -0.4 is 21.1 Å². The Morgan fingerprint density at radius 2 is 2.03 bits per heavy atom. The Hall–Kier alpha value is -3.85. The van der Waals surface area contributed by atoms with Gasteiger partial charge in [-0.3, -0.25) is 14.9 Å². The summed E-state index contributed by atoms with van der Waals surface area (Å²) in [5.41, 5.74) is 8.81. The second-order valence-corrected chi connectivity index (χ2v) is 8.84. The standard InChI is InChI=1S/C24H22N4O5/c1-32-15-4-2-13-10-28(21(29)17(13)8-15)11-24(22(30)26-23(31)27-24)20-7-14-6-12-3-5-18(25)16(12)9-19(14)33-20/h2,4,6-9,18H,3,5,10-11,25H2,1H3,(H2,26,27,30,31). The van der Waals surface area contributed by atoms with E-state index in [1.807, 2.05) is 18.2 Å². The molecule has 0 spiro atoms. The van der Waals surface area contributed by atoms with Gasteiger partial charge < -0.3 is 25.1 Å². The summed E-state index contributed by atoms with van der Waals surface area (Å²) in [5, 5.41) is 5.85. The van der Waals surface area contributed by atoms with Gasteiger partial charge in [-0.15, -0.1) is 0 Å². The molecule has 3 aliphatic rings. The molecule has 6 rings (SSSR count). The average molecular weight is 446 g/mol. The summed E-state index contributed by atoms with van der Waals surface area (Å²) in [6.07, 6.45) is 1.78. The molecule has 0 radical (unpaired) electrons. The number of imide groups is 1. The summed E-state index contributed by atoms with van der Waals surface area (Å²) < 4.78 is 11.4. The van der Waals surface area contributed by atoms with Crippen LogP contribution in [0.1, 0.15) is 45.3 Å². The fourth-order valence-corrected chi connectivity index (χ4v) is 5.12. The van der Waals surface area contributed by atoms with Crippen molar-refractivity contribution in [3.8, 4) is 5.75 Å². The van der Waals surface area contributed by atoms with E-state index in [4.69, 9.17) is 14.9 Å². The first kappa shape index (κ1) is 19.8. The summed E-state index contributed by atoms with van der Waals surface area (Å²) in [4.78, 5) is 40.0. The largest absolute Gasteiger partial charge is 0.497 e. The highest BCUT2D eigenvalue weighted by Gasteiger charge is 2.53. The Balaban J connectivity index is 1.40. The molecule has 4 amide bonds. The Morgan fingerprint density at radius 3 is 2.79 bits per heavy atom. The number of hydrogen-bond donors (Lipinski definition) is 3. The number of amides is 4. The molecule has 33 heavy (non-hydrogen) atoms. The van der Waals surface area contributed by atoms with Gasteiger partial charge >= 0.3 is 6.03 Å². The van der Waals surface area contributed by atoms with Gasteiger partial charge in [-0.2, -0.15) is 0 Å². The third kappa shape index (κ3) is 2.85. The fraction of sp³-hybridized carbons (Fsp3) is 0.292. The van der Waals surface area contributed by atoms with E-state index < -0.39 is 17.5 Å². The van der Waals surface area contributed by atoms with Crippen LogP contribution in [0.15, 0.2) is 40.8 Å². The van der Waals surface area contributed by atoms with Crippen molar-refractivity contribution in [2.75, 3.05) is 13.7 Å². The summed E-state index contributed by atoms with van der Waals surface area (Å²) in [6, 6.07) is 10.3. The molecule has 1 aliphatic carbocycles. The number of nitrogens with two attached hydrogens (primary N) is 1. The Labute approximate surface area is 188 Å². The molecule has 0 saturated carbocycles. The van der Waals surface area contributed by atoms with Crippen LogP contribution in [0.25, 0.3) is 11.0 Å².